The second-order valence-corrected chi connectivity index (χ2v) is 5.47. The maximum atomic E-state index is 12.1. The number of nitrogens with zero attached hydrogens (tertiary/aromatic N) is 1. The van der Waals surface area contributed by atoms with Crippen molar-refractivity contribution in [2.75, 3.05) is 5.32 Å². The van der Waals surface area contributed by atoms with Crippen molar-refractivity contribution in [1.82, 2.24) is 0 Å². The van der Waals surface area contributed by atoms with Gasteiger partial charge in [-0.2, -0.15) is 0 Å². The highest BCUT2D eigenvalue weighted by molar-refractivity contribution is 5.94. The molecule has 0 radical (unpaired) electrons. The van der Waals surface area contributed by atoms with Gasteiger partial charge < -0.3 is 11.1 Å². The molecular weight excluding hydrogens is 258 g/mol. The first-order chi connectivity index (χ1) is 9.38. The maximum Gasteiger partial charge on any atom is 0.274 e. The van der Waals surface area contributed by atoms with Gasteiger partial charge in [-0.1, -0.05) is 0 Å². The summed E-state index contributed by atoms with van der Waals surface area (Å²) in [5.74, 6) is -0.191. The van der Waals surface area contributed by atoms with E-state index in [2.05, 4.69) is 5.32 Å². The van der Waals surface area contributed by atoms with Gasteiger partial charge in [0.15, 0.2) is 0 Å². The quantitative estimate of drug-likeness (QED) is 0.654. The van der Waals surface area contributed by atoms with Crippen molar-refractivity contribution >= 4 is 17.3 Å². The van der Waals surface area contributed by atoms with Crippen LogP contribution in [0.15, 0.2) is 12.1 Å². The molecule has 6 nitrogen and oxygen atoms in total. The van der Waals surface area contributed by atoms with E-state index >= 15 is 0 Å². The third-order valence-corrected chi connectivity index (χ3v) is 3.84. The zero-order valence-corrected chi connectivity index (χ0v) is 11.7. The molecule has 0 heterocycles. The van der Waals surface area contributed by atoms with Gasteiger partial charge in [-0.3, -0.25) is 14.9 Å². The number of benzene rings is 1. The average Bonchev–Trinajstić information content (AvgIpc) is 2.79. The number of amides is 1. The smallest absolute Gasteiger partial charge is 0.274 e. The lowest BCUT2D eigenvalue weighted by Gasteiger charge is -2.13. The van der Waals surface area contributed by atoms with Crippen LogP contribution in [0.25, 0.3) is 0 Å². The average molecular weight is 277 g/mol. The predicted octanol–water partition coefficient (Wildman–Crippen LogP) is 2.28. The summed E-state index contributed by atoms with van der Waals surface area (Å²) in [4.78, 5) is 22.7. The van der Waals surface area contributed by atoms with Crippen molar-refractivity contribution in [2.45, 2.75) is 39.2 Å². The summed E-state index contributed by atoms with van der Waals surface area (Å²) >= 11 is 0. The Kier molecular flexibility index (Phi) is 4.04. The molecule has 0 saturated heterocycles. The summed E-state index contributed by atoms with van der Waals surface area (Å²) in [6, 6.07) is 3.23. The largest absolute Gasteiger partial charge is 0.328 e. The zero-order valence-electron chi connectivity index (χ0n) is 11.7. The number of carbonyl (C=O) groups excluding carboxylic acids is 1. The first kappa shape index (κ1) is 14.5. The van der Waals surface area contributed by atoms with E-state index in [0.29, 0.717) is 17.7 Å². The van der Waals surface area contributed by atoms with E-state index in [1.54, 1.807) is 13.0 Å². The molecule has 20 heavy (non-hydrogen) atoms. The Labute approximate surface area is 117 Å². The Bertz CT molecular complexity index is 557. The number of nitrogens with two attached hydrogens (primary N) is 1. The molecule has 0 aromatic heterocycles. The standard InChI is InChI=1S/C14H19N3O3/c1-8-5-9(2)13(17(19)20)7-12(8)16-14(18)10-3-4-11(15)6-10/h5,7,10-11H,3-4,6,15H2,1-2H3,(H,16,18). The number of carbonyl (C=O) groups is 1. The first-order valence-electron chi connectivity index (χ1n) is 6.70. The van der Waals surface area contributed by atoms with E-state index in [9.17, 15) is 14.9 Å². The SMILES string of the molecule is Cc1cc(C)c([N+](=O)[O-])cc1NC(=O)C1CCC(N)C1. The van der Waals surface area contributed by atoms with Crippen molar-refractivity contribution in [3.05, 3.63) is 33.4 Å². The molecule has 1 amide bonds. The fraction of sp³-hybridized carbons (Fsp3) is 0.500. The van der Waals surface area contributed by atoms with E-state index in [1.165, 1.54) is 6.07 Å². The van der Waals surface area contributed by atoms with Crippen LogP contribution in [0.1, 0.15) is 30.4 Å². The highest BCUT2D eigenvalue weighted by atomic mass is 16.6. The van der Waals surface area contributed by atoms with E-state index in [0.717, 1.165) is 18.4 Å². The Morgan fingerprint density at radius 3 is 2.60 bits per heavy atom. The van der Waals surface area contributed by atoms with Crippen molar-refractivity contribution in [1.29, 1.82) is 0 Å². The Hall–Kier alpha value is -1.95. The molecule has 2 unspecified atom stereocenters. The summed E-state index contributed by atoms with van der Waals surface area (Å²) in [6.07, 6.45) is 2.31. The van der Waals surface area contributed by atoms with Gasteiger partial charge in [0.2, 0.25) is 5.91 Å². The number of hydrogen-bond donors (Lipinski definition) is 2. The van der Waals surface area contributed by atoms with Gasteiger partial charge in [0, 0.05) is 23.6 Å². The molecule has 1 aliphatic carbocycles. The van der Waals surface area contributed by atoms with Crippen molar-refractivity contribution in [3.63, 3.8) is 0 Å². The molecule has 1 aliphatic rings. The van der Waals surface area contributed by atoms with Crippen LogP contribution in [0.2, 0.25) is 0 Å². The monoisotopic (exact) mass is 277 g/mol. The van der Waals surface area contributed by atoms with E-state index in [4.69, 9.17) is 5.73 Å². The summed E-state index contributed by atoms with van der Waals surface area (Å²) in [7, 11) is 0. The minimum absolute atomic E-state index is 0.0222. The number of nitro benzene ring substituents is 1. The number of nitro groups is 1. The maximum absolute atomic E-state index is 12.1. The zero-order chi connectivity index (χ0) is 14.9. The van der Waals surface area contributed by atoms with Gasteiger partial charge in [0.1, 0.15) is 0 Å². The first-order valence-corrected chi connectivity index (χ1v) is 6.70. The molecule has 2 atom stereocenters. The highest BCUT2D eigenvalue weighted by Crippen LogP contribution is 2.29. The topological polar surface area (TPSA) is 98.3 Å². The lowest BCUT2D eigenvalue weighted by molar-refractivity contribution is -0.385. The summed E-state index contributed by atoms with van der Waals surface area (Å²) < 4.78 is 0. The van der Waals surface area contributed by atoms with Crippen molar-refractivity contribution in [2.24, 2.45) is 11.7 Å². The fourth-order valence-corrected chi connectivity index (χ4v) is 2.66. The van der Waals surface area contributed by atoms with Gasteiger partial charge in [0.25, 0.3) is 5.69 Å². The van der Waals surface area contributed by atoms with Crippen LogP contribution in [0.4, 0.5) is 11.4 Å². The predicted molar refractivity (Wildman–Crippen MR) is 76.5 cm³/mol. The summed E-state index contributed by atoms with van der Waals surface area (Å²) in [5, 5.41) is 13.7. The van der Waals surface area contributed by atoms with Crippen LogP contribution in [0.5, 0.6) is 0 Å². The molecule has 1 aromatic rings. The number of aryl methyl sites for hydroxylation is 2. The van der Waals surface area contributed by atoms with Gasteiger partial charge in [-0.25, -0.2) is 0 Å². The Morgan fingerprint density at radius 1 is 1.35 bits per heavy atom. The minimum atomic E-state index is -0.435. The highest BCUT2D eigenvalue weighted by Gasteiger charge is 2.28. The molecule has 108 valence electrons. The molecule has 0 bridgehead atoms. The molecule has 2 rings (SSSR count). The number of hydrogen-bond acceptors (Lipinski definition) is 4. The van der Waals surface area contributed by atoms with E-state index < -0.39 is 4.92 Å². The molecular formula is C14H19N3O3. The Morgan fingerprint density at radius 2 is 2.05 bits per heavy atom. The fourth-order valence-electron chi connectivity index (χ4n) is 2.66. The third-order valence-electron chi connectivity index (χ3n) is 3.84. The van der Waals surface area contributed by atoms with Gasteiger partial charge in [0.05, 0.1) is 10.6 Å². The molecule has 3 N–H and O–H groups in total. The van der Waals surface area contributed by atoms with Crippen molar-refractivity contribution in [3.8, 4) is 0 Å². The van der Waals surface area contributed by atoms with E-state index in [1.807, 2.05) is 6.92 Å². The van der Waals surface area contributed by atoms with E-state index in [-0.39, 0.29) is 23.6 Å². The van der Waals surface area contributed by atoms with Crippen LogP contribution in [-0.2, 0) is 4.79 Å². The lowest BCUT2D eigenvalue weighted by Crippen LogP contribution is -2.23. The normalized spacial score (nSPS) is 21.8. The number of anilines is 1. The molecule has 1 fully saturated rings. The molecule has 6 heteroatoms. The van der Waals surface area contributed by atoms with Crippen LogP contribution < -0.4 is 11.1 Å². The molecule has 1 saturated carbocycles. The number of rotatable bonds is 3. The van der Waals surface area contributed by atoms with Gasteiger partial charge in [-0.15, -0.1) is 0 Å². The summed E-state index contributed by atoms with van der Waals surface area (Å²) in [6.45, 7) is 3.51. The van der Waals surface area contributed by atoms with Crippen LogP contribution in [0.3, 0.4) is 0 Å². The lowest BCUT2D eigenvalue weighted by atomic mass is 10.1. The molecule has 0 spiro atoms. The second-order valence-electron chi connectivity index (χ2n) is 5.47. The van der Waals surface area contributed by atoms with Crippen LogP contribution in [-0.4, -0.2) is 16.9 Å². The van der Waals surface area contributed by atoms with Gasteiger partial charge in [-0.05, 0) is 44.7 Å². The second kappa shape index (κ2) is 5.58. The minimum Gasteiger partial charge on any atom is -0.328 e. The summed E-state index contributed by atoms with van der Waals surface area (Å²) in [5.41, 5.74) is 7.74. The Balaban J connectivity index is 2.18. The van der Waals surface area contributed by atoms with Crippen LogP contribution in [0, 0.1) is 29.9 Å². The molecule has 1 aromatic carbocycles. The van der Waals surface area contributed by atoms with Crippen LogP contribution >= 0.6 is 0 Å². The van der Waals surface area contributed by atoms with Crippen molar-refractivity contribution < 1.29 is 9.72 Å². The molecule has 0 aliphatic heterocycles. The van der Waals surface area contributed by atoms with Gasteiger partial charge >= 0.3 is 0 Å². The third kappa shape index (κ3) is 2.96. The number of nitrogens with one attached hydrogen (secondary N) is 1.